The van der Waals surface area contributed by atoms with Gasteiger partial charge in [0.1, 0.15) is 0 Å². The largest absolute Gasteiger partial charge is 0.491 e. The van der Waals surface area contributed by atoms with Crippen LogP contribution in [0.3, 0.4) is 0 Å². The molecule has 0 aliphatic rings. The lowest BCUT2D eigenvalue weighted by molar-refractivity contribution is 0.0602. The van der Waals surface area contributed by atoms with Gasteiger partial charge in [-0.15, -0.1) is 11.3 Å². The van der Waals surface area contributed by atoms with Gasteiger partial charge in [-0.05, 0) is 6.92 Å². The van der Waals surface area contributed by atoms with E-state index >= 15 is 0 Å². The number of thiophene rings is 1. The topological polar surface area (TPSA) is 35.5 Å². The van der Waals surface area contributed by atoms with Crippen LogP contribution in [0.5, 0.6) is 5.75 Å². The van der Waals surface area contributed by atoms with E-state index < -0.39 is 5.97 Å². The fourth-order valence-electron chi connectivity index (χ4n) is 0.838. The van der Waals surface area contributed by atoms with Crippen molar-refractivity contribution in [2.45, 2.75) is 6.92 Å². The van der Waals surface area contributed by atoms with E-state index in [1.807, 2.05) is 6.92 Å². The highest BCUT2D eigenvalue weighted by molar-refractivity contribution is 7.13. The molecule has 3 nitrogen and oxygen atoms in total. The summed E-state index contributed by atoms with van der Waals surface area (Å²) < 4.78 is 9.78. The highest BCUT2D eigenvalue weighted by Gasteiger charge is 2.18. The van der Waals surface area contributed by atoms with Crippen molar-refractivity contribution in [2.24, 2.45) is 0 Å². The standard InChI is InChI=1S/C8H9ClO3S/c1-3-12-6-5(9)4-13-7(6)8(10)11-2/h4H,3H2,1-2H3. The molecule has 0 aromatic carbocycles. The minimum atomic E-state index is -0.416. The molecule has 5 heteroatoms. The Morgan fingerprint density at radius 2 is 2.38 bits per heavy atom. The Bertz CT molecular complexity index is 308. The van der Waals surface area contributed by atoms with Crippen molar-refractivity contribution in [3.8, 4) is 5.75 Å². The molecule has 1 aromatic heterocycles. The van der Waals surface area contributed by atoms with Crippen molar-refractivity contribution >= 4 is 28.9 Å². The van der Waals surface area contributed by atoms with Gasteiger partial charge in [0.15, 0.2) is 10.6 Å². The summed E-state index contributed by atoms with van der Waals surface area (Å²) in [4.78, 5) is 11.6. The Kier molecular flexibility index (Phi) is 3.57. The van der Waals surface area contributed by atoms with Gasteiger partial charge in [0.05, 0.1) is 18.7 Å². The summed E-state index contributed by atoms with van der Waals surface area (Å²) in [6, 6.07) is 0. The van der Waals surface area contributed by atoms with Gasteiger partial charge in [-0.2, -0.15) is 0 Å². The van der Waals surface area contributed by atoms with E-state index in [1.165, 1.54) is 18.4 Å². The molecule has 72 valence electrons. The van der Waals surface area contributed by atoms with Crippen molar-refractivity contribution < 1.29 is 14.3 Å². The highest BCUT2D eigenvalue weighted by Crippen LogP contribution is 2.35. The molecule has 0 radical (unpaired) electrons. The van der Waals surface area contributed by atoms with Gasteiger partial charge in [0.25, 0.3) is 0 Å². The Hall–Kier alpha value is -0.740. The molecule has 0 fully saturated rings. The van der Waals surface area contributed by atoms with Crippen molar-refractivity contribution in [3.63, 3.8) is 0 Å². The summed E-state index contributed by atoms with van der Waals surface area (Å²) in [6.07, 6.45) is 0. The molecule has 0 aliphatic carbocycles. The molecule has 0 amide bonds. The van der Waals surface area contributed by atoms with E-state index in [0.717, 1.165) is 0 Å². The van der Waals surface area contributed by atoms with Crippen LogP contribution in [-0.2, 0) is 4.74 Å². The first kappa shape index (κ1) is 10.3. The summed E-state index contributed by atoms with van der Waals surface area (Å²) >= 11 is 7.02. The summed E-state index contributed by atoms with van der Waals surface area (Å²) in [6.45, 7) is 2.30. The van der Waals surface area contributed by atoms with Gasteiger partial charge in [-0.3, -0.25) is 0 Å². The van der Waals surface area contributed by atoms with Crippen LogP contribution in [0.2, 0.25) is 5.02 Å². The molecule has 0 saturated carbocycles. The second-order valence-electron chi connectivity index (χ2n) is 2.17. The highest BCUT2D eigenvalue weighted by atomic mass is 35.5. The smallest absolute Gasteiger partial charge is 0.351 e. The second kappa shape index (κ2) is 4.48. The quantitative estimate of drug-likeness (QED) is 0.735. The lowest BCUT2D eigenvalue weighted by atomic mass is 10.4. The minimum Gasteiger partial charge on any atom is -0.491 e. The van der Waals surface area contributed by atoms with Crippen LogP contribution in [0.25, 0.3) is 0 Å². The molecule has 0 N–H and O–H groups in total. The Balaban J connectivity index is 2.99. The Labute approximate surface area is 85.2 Å². The normalized spacial score (nSPS) is 9.77. The maximum atomic E-state index is 11.2. The number of hydrogen-bond acceptors (Lipinski definition) is 4. The van der Waals surface area contributed by atoms with Crippen LogP contribution in [0.15, 0.2) is 5.38 Å². The average molecular weight is 221 g/mol. The predicted octanol–water partition coefficient (Wildman–Crippen LogP) is 2.59. The van der Waals surface area contributed by atoms with E-state index in [0.29, 0.717) is 22.3 Å². The Morgan fingerprint density at radius 1 is 1.69 bits per heavy atom. The van der Waals surface area contributed by atoms with Gasteiger partial charge in [0, 0.05) is 5.38 Å². The van der Waals surface area contributed by atoms with Crippen molar-refractivity contribution in [2.75, 3.05) is 13.7 Å². The average Bonchev–Trinajstić information content (AvgIpc) is 2.48. The predicted molar refractivity (Wildman–Crippen MR) is 51.8 cm³/mol. The number of rotatable bonds is 3. The number of hydrogen-bond donors (Lipinski definition) is 0. The van der Waals surface area contributed by atoms with E-state index in [-0.39, 0.29) is 0 Å². The second-order valence-corrected chi connectivity index (χ2v) is 3.45. The number of methoxy groups -OCH3 is 1. The molecule has 0 aliphatic heterocycles. The molecule has 0 spiro atoms. The van der Waals surface area contributed by atoms with Crippen LogP contribution in [0.1, 0.15) is 16.6 Å². The molecule has 1 aromatic rings. The fourth-order valence-corrected chi connectivity index (χ4v) is 1.96. The van der Waals surface area contributed by atoms with E-state index in [4.69, 9.17) is 16.3 Å². The number of esters is 1. The maximum Gasteiger partial charge on any atom is 0.351 e. The van der Waals surface area contributed by atoms with Gasteiger partial charge in [-0.1, -0.05) is 11.6 Å². The van der Waals surface area contributed by atoms with Gasteiger partial charge < -0.3 is 9.47 Å². The van der Waals surface area contributed by atoms with E-state index in [2.05, 4.69) is 4.74 Å². The van der Waals surface area contributed by atoms with Gasteiger partial charge in [-0.25, -0.2) is 4.79 Å². The zero-order valence-corrected chi connectivity index (χ0v) is 8.87. The summed E-state index contributed by atoms with van der Waals surface area (Å²) in [5, 5.41) is 2.10. The molecule has 13 heavy (non-hydrogen) atoms. The number of carbonyl (C=O) groups excluding carboxylic acids is 1. The van der Waals surface area contributed by atoms with Crippen LogP contribution >= 0.6 is 22.9 Å². The molecule has 1 heterocycles. The maximum absolute atomic E-state index is 11.2. The lowest BCUT2D eigenvalue weighted by Gasteiger charge is -2.03. The summed E-state index contributed by atoms with van der Waals surface area (Å²) in [5.41, 5.74) is 0. The van der Waals surface area contributed by atoms with Crippen LogP contribution in [0.4, 0.5) is 0 Å². The fraction of sp³-hybridized carbons (Fsp3) is 0.375. The number of ether oxygens (including phenoxy) is 2. The summed E-state index contributed by atoms with van der Waals surface area (Å²) in [5.74, 6) is 0.00127. The zero-order chi connectivity index (χ0) is 9.84. The third kappa shape index (κ3) is 2.14. The van der Waals surface area contributed by atoms with Crippen molar-refractivity contribution in [1.29, 1.82) is 0 Å². The molecule has 0 bridgehead atoms. The van der Waals surface area contributed by atoms with Crippen molar-refractivity contribution in [3.05, 3.63) is 15.3 Å². The summed E-state index contributed by atoms with van der Waals surface area (Å²) in [7, 11) is 1.33. The van der Waals surface area contributed by atoms with Crippen molar-refractivity contribution in [1.82, 2.24) is 0 Å². The molecule has 0 atom stereocenters. The van der Waals surface area contributed by atoms with Crippen LogP contribution < -0.4 is 4.74 Å². The molecule has 1 rings (SSSR count). The molecule has 0 unspecified atom stereocenters. The van der Waals surface area contributed by atoms with E-state index in [1.54, 1.807) is 5.38 Å². The molecular weight excluding hydrogens is 212 g/mol. The van der Waals surface area contributed by atoms with Crippen LogP contribution in [0, 0.1) is 0 Å². The SMILES string of the molecule is CCOc1c(Cl)csc1C(=O)OC. The minimum absolute atomic E-state index is 0.411. The van der Waals surface area contributed by atoms with Gasteiger partial charge in [0.2, 0.25) is 0 Å². The lowest BCUT2D eigenvalue weighted by Crippen LogP contribution is -2.02. The first-order valence-corrected chi connectivity index (χ1v) is 4.94. The first-order valence-electron chi connectivity index (χ1n) is 3.68. The third-order valence-corrected chi connectivity index (χ3v) is 2.71. The third-order valence-electron chi connectivity index (χ3n) is 1.36. The Morgan fingerprint density at radius 3 is 2.92 bits per heavy atom. The number of carbonyl (C=O) groups is 1. The number of halogens is 1. The molecule has 0 saturated heterocycles. The van der Waals surface area contributed by atoms with E-state index in [9.17, 15) is 4.79 Å². The van der Waals surface area contributed by atoms with Crippen LogP contribution in [-0.4, -0.2) is 19.7 Å². The monoisotopic (exact) mass is 220 g/mol. The molecular formula is C8H9ClO3S. The zero-order valence-electron chi connectivity index (χ0n) is 7.30. The van der Waals surface area contributed by atoms with Gasteiger partial charge >= 0.3 is 5.97 Å². The first-order chi connectivity index (χ1) is 6.20.